The van der Waals surface area contributed by atoms with Crippen molar-refractivity contribution < 1.29 is 18.7 Å². The second-order valence-corrected chi connectivity index (χ2v) is 6.56. The van der Waals surface area contributed by atoms with E-state index in [1.807, 2.05) is 24.3 Å². The number of amides is 1. The highest BCUT2D eigenvalue weighted by Gasteiger charge is 2.23. The van der Waals surface area contributed by atoms with E-state index in [0.29, 0.717) is 31.9 Å². The summed E-state index contributed by atoms with van der Waals surface area (Å²) in [6, 6.07) is 13.8. The van der Waals surface area contributed by atoms with E-state index in [2.05, 4.69) is 10.2 Å². The fourth-order valence-corrected chi connectivity index (χ4v) is 3.32. The van der Waals surface area contributed by atoms with E-state index in [9.17, 15) is 9.18 Å². The van der Waals surface area contributed by atoms with Gasteiger partial charge in [0.2, 0.25) is 0 Å². The van der Waals surface area contributed by atoms with Crippen molar-refractivity contribution in [2.45, 2.75) is 12.6 Å². The Morgan fingerprint density at radius 3 is 2.74 bits per heavy atom. The lowest BCUT2D eigenvalue weighted by atomic mass is 10.0. The molecule has 0 radical (unpaired) electrons. The Hall–Kier alpha value is -2.28. The average molecular weight is 372 g/mol. The summed E-state index contributed by atoms with van der Waals surface area (Å²) in [5.41, 5.74) is 2.38. The molecule has 1 fully saturated rings. The van der Waals surface area contributed by atoms with Gasteiger partial charge in [-0.3, -0.25) is 9.69 Å². The summed E-state index contributed by atoms with van der Waals surface area (Å²) in [5, 5.41) is 3.00. The van der Waals surface area contributed by atoms with Crippen molar-refractivity contribution in [3.8, 4) is 0 Å². The molecule has 1 aliphatic heterocycles. The molecule has 1 N–H and O–H groups in total. The molecule has 0 saturated carbocycles. The standard InChI is InChI=1S/C21H25FN2O3/c1-26-15-16-4-2-6-18(12-16)21(25)23-14-20(24-8-10-27-11-9-24)17-5-3-7-19(22)13-17/h2-7,12-13,20H,8-11,14-15H2,1H3,(H,23,25). The number of benzene rings is 2. The van der Waals surface area contributed by atoms with Gasteiger partial charge in [-0.15, -0.1) is 0 Å². The van der Waals surface area contributed by atoms with E-state index in [1.54, 1.807) is 19.2 Å². The average Bonchev–Trinajstić information content (AvgIpc) is 2.69. The number of carbonyl (C=O) groups is 1. The minimum Gasteiger partial charge on any atom is -0.380 e. The van der Waals surface area contributed by atoms with Crippen LogP contribution in [0.2, 0.25) is 0 Å². The molecule has 27 heavy (non-hydrogen) atoms. The Kier molecular flexibility index (Phi) is 6.92. The van der Waals surface area contributed by atoms with Gasteiger partial charge < -0.3 is 14.8 Å². The van der Waals surface area contributed by atoms with E-state index < -0.39 is 0 Å². The molecule has 144 valence electrons. The third-order valence-corrected chi connectivity index (χ3v) is 4.68. The molecule has 1 atom stereocenters. The number of nitrogens with zero attached hydrogens (tertiary/aromatic N) is 1. The SMILES string of the molecule is COCc1cccc(C(=O)NCC(c2cccc(F)c2)N2CCOCC2)c1. The minimum absolute atomic E-state index is 0.101. The highest BCUT2D eigenvalue weighted by molar-refractivity contribution is 5.94. The summed E-state index contributed by atoms with van der Waals surface area (Å²) in [5.74, 6) is -0.424. The Balaban J connectivity index is 1.72. The molecule has 0 spiro atoms. The summed E-state index contributed by atoms with van der Waals surface area (Å²) in [4.78, 5) is 14.8. The molecule has 6 heteroatoms. The molecule has 3 rings (SSSR count). The van der Waals surface area contributed by atoms with Crippen molar-refractivity contribution in [1.82, 2.24) is 10.2 Å². The maximum absolute atomic E-state index is 13.7. The molecule has 1 aliphatic rings. The molecule has 0 bridgehead atoms. The molecule has 2 aromatic carbocycles. The van der Waals surface area contributed by atoms with Crippen LogP contribution in [0.4, 0.5) is 4.39 Å². The second kappa shape index (κ2) is 9.60. The van der Waals surface area contributed by atoms with Crippen molar-refractivity contribution in [1.29, 1.82) is 0 Å². The van der Waals surface area contributed by atoms with Gasteiger partial charge in [0.05, 0.1) is 25.9 Å². The van der Waals surface area contributed by atoms with Crippen LogP contribution in [0.3, 0.4) is 0 Å². The van der Waals surface area contributed by atoms with Crippen molar-refractivity contribution in [3.05, 3.63) is 71.0 Å². The molecule has 0 aliphatic carbocycles. The third kappa shape index (κ3) is 5.35. The summed E-state index contributed by atoms with van der Waals surface area (Å²) in [6.07, 6.45) is 0. The van der Waals surface area contributed by atoms with Crippen LogP contribution >= 0.6 is 0 Å². The minimum atomic E-state index is -0.274. The quantitative estimate of drug-likeness (QED) is 0.812. The van der Waals surface area contributed by atoms with E-state index in [-0.39, 0.29) is 17.8 Å². The van der Waals surface area contributed by atoms with E-state index >= 15 is 0 Å². The van der Waals surface area contributed by atoms with Gasteiger partial charge in [-0.1, -0.05) is 24.3 Å². The lowest BCUT2D eigenvalue weighted by molar-refractivity contribution is 0.0162. The zero-order valence-corrected chi connectivity index (χ0v) is 15.5. The summed E-state index contributed by atoms with van der Waals surface area (Å²) >= 11 is 0. The number of halogens is 1. The molecular weight excluding hydrogens is 347 g/mol. The molecule has 2 aromatic rings. The maximum atomic E-state index is 13.7. The topological polar surface area (TPSA) is 50.8 Å². The van der Waals surface area contributed by atoms with Crippen LogP contribution in [-0.4, -0.2) is 50.8 Å². The Labute approximate surface area is 159 Å². The molecule has 1 saturated heterocycles. The lowest BCUT2D eigenvalue weighted by Gasteiger charge is -2.35. The number of hydrogen-bond acceptors (Lipinski definition) is 4. The molecule has 1 heterocycles. The highest BCUT2D eigenvalue weighted by atomic mass is 19.1. The normalized spacial score (nSPS) is 16.1. The van der Waals surface area contributed by atoms with Gasteiger partial charge in [-0.2, -0.15) is 0 Å². The Bertz CT molecular complexity index is 763. The Morgan fingerprint density at radius 2 is 2.00 bits per heavy atom. The van der Waals surface area contributed by atoms with E-state index in [4.69, 9.17) is 9.47 Å². The van der Waals surface area contributed by atoms with Crippen LogP contribution in [-0.2, 0) is 16.1 Å². The van der Waals surface area contributed by atoms with Gasteiger partial charge in [0.15, 0.2) is 0 Å². The first kappa shape index (κ1) is 19.5. The fraction of sp³-hybridized carbons (Fsp3) is 0.381. The van der Waals surface area contributed by atoms with Crippen LogP contribution < -0.4 is 5.32 Å². The molecular formula is C21H25FN2O3. The third-order valence-electron chi connectivity index (χ3n) is 4.68. The van der Waals surface area contributed by atoms with Crippen LogP contribution in [0.15, 0.2) is 48.5 Å². The molecule has 1 amide bonds. The number of methoxy groups -OCH3 is 1. The highest BCUT2D eigenvalue weighted by Crippen LogP contribution is 2.22. The summed E-state index contributed by atoms with van der Waals surface area (Å²) < 4.78 is 24.3. The maximum Gasteiger partial charge on any atom is 0.251 e. The largest absolute Gasteiger partial charge is 0.380 e. The number of ether oxygens (including phenoxy) is 2. The molecule has 0 aromatic heterocycles. The zero-order chi connectivity index (χ0) is 19.1. The van der Waals surface area contributed by atoms with Gasteiger partial charge in [-0.05, 0) is 35.4 Å². The first-order valence-corrected chi connectivity index (χ1v) is 9.10. The number of hydrogen-bond donors (Lipinski definition) is 1. The van der Waals surface area contributed by atoms with Crippen LogP contribution in [0.25, 0.3) is 0 Å². The van der Waals surface area contributed by atoms with E-state index in [0.717, 1.165) is 24.2 Å². The smallest absolute Gasteiger partial charge is 0.251 e. The van der Waals surface area contributed by atoms with Crippen molar-refractivity contribution >= 4 is 5.91 Å². The molecule has 5 nitrogen and oxygen atoms in total. The van der Waals surface area contributed by atoms with Crippen molar-refractivity contribution in [2.75, 3.05) is 40.0 Å². The van der Waals surface area contributed by atoms with Crippen molar-refractivity contribution in [2.24, 2.45) is 0 Å². The first-order valence-electron chi connectivity index (χ1n) is 9.10. The summed E-state index contributed by atoms with van der Waals surface area (Å²) in [7, 11) is 1.62. The first-order chi connectivity index (χ1) is 13.2. The predicted molar refractivity (Wildman–Crippen MR) is 101 cm³/mol. The summed E-state index contributed by atoms with van der Waals surface area (Å²) in [6.45, 7) is 3.63. The fourth-order valence-electron chi connectivity index (χ4n) is 3.32. The van der Waals surface area contributed by atoms with Crippen LogP contribution in [0.1, 0.15) is 27.5 Å². The van der Waals surface area contributed by atoms with Crippen LogP contribution in [0, 0.1) is 5.82 Å². The van der Waals surface area contributed by atoms with Gasteiger partial charge >= 0.3 is 0 Å². The van der Waals surface area contributed by atoms with Gasteiger partial charge in [0.1, 0.15) is 5.82 Å². The number of rotatable bonds is 7. The second-order valence-electron chi connectivity index (χ2n) is 6.56. The van der Waals surface area contributed by atoms with Crippen LogP contribution in [0.5, 0.6) is 0 Å². The number of nitrogens with one attached hydrogen (secondary N) is 1. The number of carbonyl (C=O) groups excluding carboxylic acids is 1. The molecule has 1 unspecified atom stereocenters. The number of morpholine rings is 1. The van der Waals surface area contributed by atoms with E-state index in [1.165, 1.54) is 12.1 Å². The predicted octanol–water partition coefficient (Wildman–Crippen LogP) is 2.78. The zero-order valence-electron chi connectivity index (χ0n) is 15.5. The van der Waals surface area contributed by atoms with Gasteiger partial charge in [-0.25, -0.2) is 4.39 Å². The van der Waals surface area contributed by atoms with Gasteiger partial charge in [0.25, 0.3) is 5.91 Å². The lowest BCUT2D eigenvalue weighted by Crippen LogP contribution is -2.43. The van der Waals surface area contributed by atoms with Crippen molar-refractivity contribution in [3.63, 3.8) is 0 Å². The van der Waals surface area contributed by atoms with Gasteiger partial charge in [0, 0.05) is 32.3 Å². The Morgan fingerprint density at radius 1 is 1.22 bits per heavy atom. The monoisotopic (exact) mass is 372 g/mol.